The third-order valence-corrected chi connectivity index (χ3v) is 6.62. The van der Waals surface area contributed by atoms with E-state index in [0.29, 0.717) is 0 Å². The molecule has 0 aromatic carbocycles. The minimum absolute atomic E-state index is 0.0340. The molecule has 0 aliphatic carbocycles. The fraction of sp³-hybridized carbons (Fsp3) is 0.667. The Hall–Kier alpha value is 0.180. The van der Waals surface area contributed by atoms with E-state index in [9.17, 15) is 8.42 Å². The molecule has 1 aromatic rings. The highest BCUT2D eigenvalue weighted by atomic mass is 35.5. The van der Waals surface area contributed by atoms with E-state index < -0.39 is 10.0 Å². The normalized spacial score (nSPS) is 14.2. The van der Waals surface area contributed by atoms with E-state index in [1.54, 1.807) is 18.8 Å². The smallest absolute Gasteiger partial charge is 0.232 e. The molecular weight excluding hydrogens is 300 g/mol. The average Bonchev–Trinajstić information content (AvgIpc) is 2.72. The van der Waals surface area contributed by atoms with Crippen LogP contribution in [-0.2, 0) is 10.0 Å². The number of sulfonamides is 1. The minimum Gasteiger partial charge on any atom is -0.232 e. The van der Waals surface area contributed by atoms with Gasteiger partial charge in [-0.05, 0) is 25.4 Å². The molecule has 0 aliphatic heterocycles. The van der Waals surface area contributed by atoms with Crippen molar-refractivity contribution in [2.75, 3.05) is 19.1 Å². The second-order valence-electron chi connectivity index (χ2n) is 3.58. The van der Waals surface area contributed by atoms with Gasteiger partial charge in [-0.1, -0.05) is 22.9 Å². The number of rotatable bonds is 6. The fourth-order valence-electron chi connectivity index (χ4n) is 1.21. The molecule has 1 unspecified atom stereocenters. The van der Waals surface area contributed by atoms with Crippen LogP contribution in [0.15, 0.2) is 10.4 Å². The number of hydrogen-bond donors (Lipinski definition) is 0. The lowest BCUT2D eigenvalue weighted by Crippen LogP contribution is -2.35. The summed E-state index contributed by atoms with van der Waals surface area (Å²) in [4.78, 5) is 3.76. The van der Waals surface area contributed by atoms with Crippen molar-refractivity contribution in [3.63, 3.8) is 0 Å². The summed E-state index contributed by atoms with van der Waals surface area (Å²) < 4.78 is 26.2. The Bertz CT molecular complexity index is 461. The fourth-order valence-corrected chi connectivity index (χ4v) is 4.66. The molecule has 1 aromatic heterocycles. The van der Waals surface area contributed by atoms with Crippen molar-refractivity contribution in [3.8, 4) is 0 Å². The van der Waals surface area contributed by atoms with Gasteiger partial charge >= 0.3 is 0 Å². The Morgan fingerprint density at radius 2 is 2.29 bits per heavy atom. The number of thiazole rings is 1. The van der Waals surface area contributed by atoms with E-state index >= 15 is 0 Å². The number of thioether (sulfide) groups is 1. The zero-order chi connectivity index (χ0) is 13.1. The third kappa shape index (κ3) is 3.82. The van der Waals surface area contributed by atoms with E-state index in [1.165, 1.54) is 10.5 Å². The molecule has 98 valence electrons. The first-order valence-electron chi connectivity index (χ1n) is 4.98. The second-order valence-corrected chi connectivity index (χ2v) is 8.41. The van der Waals surface area contributed by atoms with E-state index in [4.69, 9.17) is 11.6 Å². The van der Waals surface area contributed by atoms with Crippen molar-refractivity contribution in [2.24, 2.45) is 0 Å². The van der Waals surface area contributed by atoms with Crippen LogP contribution >= 0.6 is 34.7 Å². The van der Waals surface area contributed by atoms with Crippen LogP contribution in [0.5, 0.6) is 0 Å². The van der Waals surface area contributed by atoms with Gasteiger partial charge in [-0.3, -0.25) is 0 Å². The van der Waals surface area contributed by atoms with Gasteiger partial charge in [0.25, 0.3) is 10.0 Å². The average molecular weight is 315 g/mol. The highest BCUT2D eigenvalue weighted by Crippen LogP contribution is 2.26. The monoisotopic (exact) mass is 314 g/mol. The molecule has 1 heterocycles. The quantitative estimate of drug-likeness (QED) is 0.809. The Morgan fingerprint density at radius 3 is 2.76 bits per heavy atom. The van der Waals surface area contributed by atoms with E-state index in [1.807, 2.05) is 13.2 Å². The summed E-state index contributed by atoms with van der Waals surface area (Å²) in [7, 11) is -1.86. The van der Waals surface area contributed by atoms with Gasteiger partial charge in [-0.25, -0.2) is 13.4 Å². The molecule has 0 saturated carbocycles. The molecule has 1 atom stereocenters. The molecule has 0 N–H and O–H groups in total. The Morgan fingerprint density at radius 1 is 1.65 bits per heavy atom. The molecule has 0 bridgehead atoms. The predicted molar refractivity (Wildman–Crippen MR) is 74.5 cm³/mol. The molecule has 0 fully saturated rings. The Kier molecular flexibility index (Phi) is 5.72. The molecule has 0 radical (unpaired) electrons. The van der Waals surface area contributed by atoms with E-state index in [-0.39, 0.29) is 14.7 Å². The van der Waals surface area contributed by atoms with Crippen LogP contribution in [0, 0.1) is 0 Å². The lowest BCUT2D eigenvalue weighted by Gasteiger charge is -2.23. The van der Waals surface area contributed by atoms with Gasteiger partial charge in [-0.15, -0.1) is 0 Å². The molecule has 8 heteroatoms. The molecule has 0 spiro atoms. The molecule has 17 heavy (non-hydrogen) atoms. The summed E-state index contributed by atoms with van der Waals surface area (Å²) in [5.74, 6) is 0.935. The first kappa shape index (κ1) is 15.2. The maximum atomic E-state index is 12.2. The number of aromatic nitrogens is 1. The van der Waals surface area contributed by atoms with Gasteiger partial charge in [0.15, 0.2) is 8.68 Å². The summed E-state index contributed by atoms with van der Waals surface area (Å²) >= 11 is 8.34. The number of nitrogens with zero attached hydrogens (tertiary/aromatic N) is 2. The zero-order valence-electron chi connectivity index (χ0n) is 9.88. The summed E-state index contributed by atoms with van der Waals surface area (Å²) in [5, 5.41) is 0. The highest BCUT2D eigenvalue weighted by Gasteiger charge is 2.27. The highest BCUT2D eigenvalue weighted by molar-refractivity contribution is 7.98. The van der Waals surface area contributed by atoms with Crippen molar-refractivity contribution in [2.45, 2.75) is 23.6 Å². The van der Waals surface area contributed by atoms with Crippen molar-refractivity contribution in [3.05, 3.63) is 10.7 Å². The Balaban J connectivity index is 2.83. The molecule has 4 nitrogen and oxygen atoms in total. The summed E-state index contributed by atoms with van der Waals surface area (Å²) in [5.41, 5.74) is 0. The first-order valence-corrected chi connectivity index (χ1v) is 9.00. The summed E-state index contributed by atoms with van der Waals surface area (Å²) in [6.45, 7) is 1.90. The van der Waals surface area contributed by atoms with Crippen molar-refractivity contribution >= 4 is 44.7 Å². The lowest BCUT2D eigenvalue weighted by atomic mass is 10.3. The van der Waals surface area contributed by atoms with Crippen LogP contribution in [0.3, 0.4) is 0 Å². The van der Waals surface area contributed by atoms with Crippen LogP contribution in [-0.4, -0.2) is 42.8 Å². The third-order valence-electron chi connectivity index (χ3n) is 2.45. The van der Waals surface area contributed by atoms with Crippen LogP contribution in [0.1, 0.15) is 13.3 Å². The van der Waals surface area contributed by atoms with Crippen LogP contribution in [0.4, 0.5) is 0 Å². The van der Waals surface area contributed by atoms with Crippen molar-refractivity contribution in [1.29, 1.82) is 0 Å². The predicted octanol–water partition coefficient (Wildman–Crippen LogP) is 2.56. The van der Waals surface area contributed by atoms with Crippen LogP contribution in [0.25, 0.3) is 0 Å². The van der Waals surface area contributed by atoms with Crippen molar-refractivity contribution in [1.82, 2.24) is 9.29 Å². The maximum absolute atomic E-state index is 12.2. The number of hydrogen-bond acceptors (Lipinski definition) is 5. The summed E-state index contributed by atoms with van der Waals surface area (Å²) in [6.07, 6.45) is 4.13. The molecule has 0 saturated heterocycles. The van der Waals surface area contributed by atoms with Crippen LogP contribution in [0.2, 0.25) is 4.47 Å². The largest absolute Gasteiger partial charge is 0.254 e. The zero-order valence-corrected chi connectivity index (χ0v) is 13.1. The molecule has 0 aliphatic rings. The van der Waals surface area contributed by atoms with Crippen LogP contribution < -0.4 is 0 Å². The Labute approximate surface area is 115 Å². The van der Waals surface area contributed by atoms with Gasteiger partial charge in [0, 0.05) is 13.1 Å². The van der Waals surface area contributed by atoms with E-state index in [0.717, 1.165) is 23.5 Å². The second kappa shape index (κ2) is 6.38. The molecular formula is C9H15ClN2O2S3. The lowest BCUT2D eigenvalue weighted by molar-refractivity contribution is 0.383. The first-order chi connectivity index (χ1) is 7.89. The summed E-state index contributed by atoms with van der Waals surface area (Å²) in [6, 6.07) is -0.0340. The van der Waals surface area contributed by atoms with Gasteiger partial charge < -0.3 is 0 Å². The standard InChI is InChI=1S/C9H15ClN2O2S3/c1-7(4-5-15-3)12(2)17(13,14)8-6-11-9(10)16-8/h6-7H,4-5H2,1-3H3. The number of halogens is 1. The SMILES string of the molecule is CSCCC(C)N(C)S(=O)(=O)c1cnc(Cl)s1. The van der Waals surface area contributed by atoms with Gasteiger partial charge in [0.1, 0.15) is 0 Å². The minimum atomic E-state index is -3.45. The molecule has 0 amide bonds. The van der Waals surface area contributed by atoms with E-state index in [2.05, 4.69) is 4.98 Å². The van der Waals surface area contributed by atoms with Crippen molar-refractivity contribution < 1.29 is 8.42 Å². The molecule has 1 rings (SSSR count). The van der Waals surface area contributed by atoms with Gasteiger partial charge in [0.2, 0.25) is 0 Å². The van der Waals surface area contributed by atoms with Gasteiger partial charge in [0.05, 0.1) is 6.20 Å². The topological polar surface area (TPSA) is 50.3 Å². The van der Waals surface area contributed by atoms with Gasteiger partial charge in [-0.2, -0.15) is 16.1 Å². The maximum Gasteiger partial charge on any atom is 0.254 e.